The molecule has 130 valence electrons. The summed E-state index contributed by atoms with van der Waals surface area (Å²) in [5, 5.41) is 0. The van der Waals surface area contributed by atoms with Crippen LogP contribution in [0.15, 0.2) is 29.2 Å². The van der Waals surface area contributed by atoms with Gasteiger partial charge in [0, 0.05) is 19.7 Å². The molecule has 1 atom stereocenters. The lowest BCUT2D eigenvalue weighted by atomic mass is 10.0. The van der Waals surface area contributed by atoms with Crippen LogP contribution in [0.1, 0.15) is 25.7 Å². The van der Waals surface area contributed by atoms with Gasteiger partial charge in [0.2, 0.25) is 10.0 Å². The van der Waals surface area contributed by atoms with E-state index >= 15 is 0 Å². The number of nitrogens with zero attached hydrogens (tertiary/aromatic N) is 1. The van der Waals surface area contributed by atoms with Crippen LogP contribution in [0.2, 0.25) is 0 Å². The minimum atomic E-state index is -3.48. The van der Waals surface area contributed by atoms with E-state index in [4.69, 9.17) is 15.2 Å². The number of sulfonamides is 1. The minimum absolute atomic E-state index is 0.0105. The van der Waals surface area contributed by atoms with Crippen LogP contribution in [-0.2, 0) is 14.8 Å². The molecular formula is C16H26N2O4S. The fourth-order valence-corrected chi connectivity index (χ4v) is 4.58. The van der Waals surface area contributed by atoms with Crippen molar-refractivity contribution < 1.29 is 17.9 Å². The van der Waals surface area contributed by atoms with Crippen LogP contribution in [-0.4, -0.2) is 52.2 Å². The van der Waals surface area contributed by atoms with E-state index in [0.717, 1.165) is 19.3 Å². The summed E-state index contributed by atoms with van der Waals surface area (Å²) >= 11 is 0. The van der Waals surface area contributed by atoms with Crippen molar-refractivity contribution in [3.63, 3.8) is 0 Å². The molecule has 1 fully saturated rings. The van der Waals surface area contributed by atoms with Crippen molar-refractivity contribution in [1.82, 2.24) is 4.31 Å². The lowest BCUT2D eigenvalue weighted by Gasteiger charge is -2.34. The van der Waals surface area contributed by atoms with Crippen molar-refractivity contribution in [2.45, 2.75) is 36.6 Å². The van der Waals surface area contributed by atoms with Gasteiger partial charge in [0.25, 0.3) is 0 Å². The largest absolute Gasteiger partial charge is 0.491 e. The number of nitrogens with two attached hydrogens (primary N) is 1. The summed E-state index contributed by atoms with van der Waals surface area (Å²) in [6.07, 6.45) is 3.55. The Morgan fingerprint density at radius 2 is 1.96 bits per heavy atom. The second-order valence-electron chi connectivity index (χ2n) is 5.66. The molecule has 0 spiro atoms. The minimum Gasteiger partial charge on any atom is -0.491 e. The Bertz CT molecular complexity index is 572. The smallest absolute Gasteiger partial charge is 0.243 e. The number of rotatable bonds is 8. The summed E-state index contributed by atoms with van der Waals surface area (Å²) in [6.45, 7) is 2.00. The predicted molar refractivity (Wildman–Crippen MR) is 89.0 cm³/mol. The van der Waals surface area contributed by atoms with Gasteiger partial charge < -0.3 is 15.2 Å². The highest BCUT2D eigenvalue weighted by Crippen LogP contribution is 2.27. The molecular weight excluding hydrogens is 316 g/mol. The topological polar surface area (TPSA) is 81.9 Å². The van der Waals surface area contributed by atoms with Gasteiger partial charge in [0.15, 0.2) is 0 Å². The number of methoxy groups -OCH3 is 1. The first-order valence-electron chi connectivity index (χ1n) is 8.03. The van der Waals surface area contributed by atoms with Crippen molar-refractivity contribution in [2.24, 2.45) is 5.73 Å². The summed E-state index contributed by atoms with van der Waals surface area (Å²) < 4.78 is 37.7. The molecule has 7 heteroatoms. The van der Waals surface area contributed by atoms with E-state index in [-0.39, 0.29) is 6.04 Å². The van der Waals surface area contributed by atoms with Gasteiger partial charge in [-0.3, -0.25) is 0 Å². The van der Waals surface area contributed by atoms with E-state index in [2.05, 4.69) is 0 Å². The Labute approximate surface area is 138 Å². The van der Waals surface area contributed by atoms with Crippen molar-refractivity contribution in [2.75, 3.05) is 33.4 Å². The lowest BCUT2D eigenvalue weighted by molar-refractivity contribution is 0.146. The normalized spacial score (nSPS) is 19.7. The van der Waals surface area contributed by atoms with Crippen molar-refractivity contribution in [1.29, 1.82) is 0 Å². The zero-order valence-corrected chi connectivity index (χ0v) is 14.4. The molecule has 0 radical (unpaired) electrons. The Kier molecular flexibility index (Phi) is 6.83. The van der Waals surface area contributed by atoms with Gasteiger partial charge in [-0.25, -0.2) is 8.42 Å². The van der Waals surface area contributed by atoms with E-state index in [9.17, 15) is 8.42 Å². The number of ether oxygens (including phenoxy) is 2. The zero-order valence-electron chi connectivity index (χ0n) is 13.6. The highest BCUT2D eigenvalue weighted by atomic mass is 32.2. The average molecular weight is 342 g/mol. The average Bonchev–Trinajstić information content (AvgIpc) is 2.56. The third-order valence-electron chi connectivity index (χ3n) is 4.06. The maximum Gasteiger partial charge on any atom is 0.243 e. The molecule has 0 aliphatic carbocycles. The molecule has 1 aliphatic heterocycles. The van der Waals surface area contributed by atoms with Gasteiger partial charge in [0.1, 0.15) is 12.4 Å². The highest BCUT2D eigenvalue weighted by molar-refractivity contribution is 7.89. The van der Waals surface area contributed by atoms with Crippen LogP contribution in [0.25, 0.3) is 0 Å². The molecule has 2 N–H and O–H groups in total. The van der Waals surface area contributed by atoms with Crippen LogP contribution >= 0.6 is 0 Å². The van der Waals surface area contributed by atoms with E-state index in [1.54, 1.807) is 35.7 Å². The Morgan fingerprint density at radius 1 is 1.22 bits per heavy atom. The number of hydrogen-bond acceptors (Lipinski definition) is 5. The van der Waals surface area contributed by atoms with Gasteiger partial charge in [-0.15, -0.1) is 0 Å². The fourth-order valence-electron chi connectivity index (χ4n) is 2.86. The second-order valence-corrected chi connectivity index (χ2v) is 7.55. The van der Waals surface area contributed by atoms with Crippen molar-refractivity contribution in [3.8, 4) is 5.75 Å². The Morgan fingerprint density at radius 3 is 2.61 bits per heavy atom. The van der Waals surface area contributed by atoms with E-state index in [0.29, 0.717) is 43.4 Å². The van der Waals surface area contributed by atoms with Crippen LogP contribution in [0.5, 0.6) is 5.75 Å². The van der Waals surface area contributed by atoms with Crippen molar-refractivity contribution in [3.05, 3.63) is 24.3 Å². The molecule has 23 heavy (non-hydrogen) atoms. The van der Waals surface area contributed by atoms with Gasteiger partial charge in [-0.05, 0) is 50.1 Å². The molecule has 2 rings (SSSR count). The monoisotopic (exact) mass is 342 g/mol. The standard InChI is InChI=1S/C16H26N2O4S/c1-21-12-13-22-15-5-7-16(8-6-15)23(19,20)18-11-3-2-4-14(18)9-10-17/h5-8,14H,2-4,9-13,17H2,1H3. The second kappa shape index (κ2) is 8.63. The molecule has 0 bridgehead atoms. The summed E-state index contributed by atoms with van der Waals surface area (Å²) in [6, 6.07) is 6.59. The molecule has 1 aromatic rings. The van der Waals surface area contributed by atoms with Crippen LogP contribution in [0, 0.1) is 0 Å². The molecule has 1 saturated heterocycles. The maximum absolute atomic E-state index is 12.9. The number of hydrogen-bond donors (Lipinski definition) is 1. The summed E-state index contributed by atoms with van der Waals surface area (Å²) in [5.41, 5.74) is 5.63. The number of benzene rings is 1. The first-order chi connectivity index (χ1) is 11.1. The first-order valence-corrected chi connectivity index (χ1v) is 9.47. The number of piperidine rings is 1. The summed E-state index contributed by atoms with van der Waals surface area (Å²) in [5.74, 6) is 0.637. The molecule has 0 amide bonds. The predicted octanol–water partition coefficient (Wildman–Crippen LogP) is 1.60. The van der Waals surface area contributed by atoms with Crippen LogP contribution < -0.4 is 10.5 Å². The molecule has 1 aliphatic rings. The fraction of sp³-hybridized carbons (Fsp3) is 0.625. The molecule has 0 saturated carbocycles. The zero-order chi connectivity index (χ0) is 16.7. The van der Waals surface area contributed by atoms with Gasteiger partial charge in [-0.1, -0.05) is 6.42 Å². The third kappa shape index (κ3) is 4.67. The van der Waals surface area contributed by atoms with Crippen molar-refractivity contribution >= 4 is 10.0 Å². The SMILES string of the molecule is COCCOc1ccc(S(=O)(=O)N2CCCCC2CCN)cc1. The molecule has 0 aromatic heterocycles. The van der Waals surface area contributed by atoms with E-state index in [1.807, 2.05) is 0 Å². The van der Waals surface area contributed by atoms with Gasteiger partial charge >= 0.3 is 0 Å². The van der Waals surface area contributed by atoms with Gasteiger partial charge in [0.05, 0.1) is 11.5 Å². The summed E-state index contributed by atoms with van der Waals surface area (Å²) in [4.78, 5) is 0.306. The van der Waals surface area contributed by atoms with Gasteiger partial charge in [-0.2, -0.15) is 4.31 Å². The molecule has 6 nitrogen and oxygen atoms in total. The molecule has 1 heterocycles. The summed E-state index contributed by atoms with van der Waals surface area (Å²) in [7, 11) is -1.87. The Hall–Kier alpha value is -1.15. The van der Waals surface area contributed by atoms with E-state index in [1.165, 1.54) is 0 Å². The third-order valence-corrected chi connectivity index (χ3v) is 6.03. The lowest BCUT2D eigenvalue weighted by Crippen LogP contribution is -2.44. The quantitative estimate of drug-likeness (QED) is 0.726. The first kappa shape index (κ1) is 18.2. The van der Waals surface area contributed by atoms with Crippen LogP contribution in [0.4, 0.5) is 0 Å². The Balaban J connectivity index is 2.11. The highest BCUT2D eigenvalue weighted by Gasteiger charge is 2.32. The molecule has 1 aromatic carbocycles. The van der Waals surface area contributed by atoms with E-state index < -0.39 is 10.0 Å². The molecule has 1 unspecified atom stereocenters. The maximum atomic E-state index is 12.9. The van der Waals surface area contributed by atoms with Crippen LogP contribution in [0.3, 0.4) is 0 Å².